The summed E-state index contributed by atoms with van der Waals surface area (Å²) in [6.07, 6.45) is 0. The van der Waals surface area contributed by atoms with Gasteiger partial charge in [0.15, 0.2) is 0 Å². The predicted octanol–water partition coefficient (Wildman–Crippen LogP) is 19.0. The first-order chi connectivity index (χ1) is 36.3. The third-order valence-electron chi connectivity index (χ3n) is 14.8. The van der Waals surface area contributed by atoms with Crippen molar-refractivity contribution in [3.8, 4) is 33.4 Å². The number of alkyl halides is 4. The molecule has 0 saturated carbocycles. The van der Waals surface area contributed by atoms with Crippen molar-refractivity contribution < 1.29 is 17.6 Å². The quantitative estimate of drug-likeness (QED) is 0.120. The lowest BCUT2D eigenvalue weighted by Crippen LogP contribution is -2.39. The van der Waals surface area contributed by atoms with E-state index in [-0.39, 0.29) is 11.1 Å². The molecular weight excluding hydrogens is 917 g/mol. The SMILES string of the molecule is FC1(F)c2cc(-c3ccc(C4=C(c5ccccc5)C(c5ccccc5)=C4c4ccccc4)cc3)ccc2-c2ccc(-c3ccc(C4=C(c5ccccc5)C(c5ccccc5)=C4c4ccccc4)cc3)cc2C1(F)F. The fourth-order valence-electron chi connectivity index (χ4n) is 11.2. The number of allylic oxidation sites excluding steroid dienone is 8. The van der Waals surface area contributed by atoms with E-state index in [1.165, 1.54) is 12.1 Å². The van der Waals surface area contributed by atoms with Gasteiger partial charge in [-0.05, 0) is 135 Å². The first-order valence-electron chi connectivity index (χ1n) is 24.8. The molecule has 4 heteroatoms. The van der Waals surface area contributed by atoms with Gasteiger partial charge in [-0.25, -0.2) is 0 Å². The zero-order valence-corrected chi connectivity index (χ0v) is 39.9. The van der Waals surface area contributed by atoms with Gasteiger partial charge in [-0.2, -0.15) is 17.6 Å². The zero-order chi connectivity index (χ0) is 50.0. The van der Waals surface area contributed by atoms with Crippen LogP contribution in [0.25, 0.3) is 78.0 Å². The highest BCUT2D eigenvalue weighted by Gasteiger charge is 2.62. The van der Waals surface area contributed by atoms with Gasteiger partial charge in [-0.15, -0.1) is 0 Å². The Hall–Kier alpha value is -9.12. The smallest absolute Gasteiger partial charge is 0.194 e. The van der Waals surface area contributed by atoms with Crippen molar-refractivity contribution in [2.24, 2.45) is 0 Å². The van der Waals surface area contributed by atoms with Gasteiger partial charge in [0, 0.05) is 11.1 Å². The van der Waals surface area contributed by atoms with Crippen LogP contribution in [-0.4, -0.2) is 0 Å². The van der Waals surface area contributed by atoms with Crippen LogP contribution in [0.2, 0.25) is 0 Å². The second-order valence-electron chi connectivity index (χ2n) is 19.0. The Balaban J connectivity index is 0.840. The summed E-state index contributed by atoms with van der Waals surface area (Å²) in [5.41, 5.74) is 18.4. The molecule has 0 amide bonds. The number of benzene rings is 10. The van der Waals surface area contributed by atoms with Crippen LogP contribution >= 0.6 is 0 Å². The molecule has 13 rings (SSSR count). The van der Waals surface area contributed by atoms with E-state index in [0.717, 1.165) is 89.1 Å². The van der Waals surface area contributed by atoms with Crippen LogP contribution in [-0.2, 0) is 11.8 Å². The topological polar surface area (TPSA) is 0 Å². The molecule has 0 nitrogen and oxygen atoms in total. The van der Waals surface area contributed by atoms with Gasteiger partial charge in [0.2, 0.25) is 0 Å². The van der Waals surface area contributed by atoms with Crippen molar-refractivity contribution in [3.05, 3.63) is 323 Å². The van der Waals surface area contributed by atoms with Crippen molar-refractivity contribution >= 4 is 44.6 Å². The molecule has 0 bridgehead atoms. The van der Waals surface area contributed by atoms with Gasteiger partial charge < -0.3 is 0 Å². The normalized spacial score (nSPS) is 15.3. The van der Waals surface area contributed by atoms with E-state index in [9.17, 15) is 0 Å². The summed E-state index contributed by atoms with van der Waals surface area (Å²) in [5, 5.41) is 0. The third-order valence-corrected chi connectivity index (χ3v) is 14.8. The highest BCUT2D eigenvalue weighted by atomic mass is 19.3. The Morgan fingerprint density at radius 2 is 0.351 bits per heavy atom. The molecule has 0 spiro atoms. The Kier molecular flexibility index (Phi) is 10.8. The van der Waals surface area contributed by atoms with Crippen LogP contribution in [0.1, 0.15) is 55.6 Å². The summed E-state index contributed by atoms with van der Waals surface area (Å²) >= 11 is 0. The standard InChI is InChI=1S/C70H44F4/c71-69(72)59-43-55(45-31-35-53(36-32-45)67-63(49-23-11-3-12-24-49)61(47-19-7-1-8-20-47)64(67)50-25-13-4-14-26-50)39-41-57(59)58-42-40-56(44-60(58)70(69,73)74)46-33-37-54(38-34-46)68-65(51-27-15-5-16-28-51)62(48-21-9-2-10-22-48)66(68)52-29-17-6-18-30-52/h1-44H. The highest BCUT2D eigenvalue weighted by molar-refractivity contribution is 6.44. The van der Waals surface area contributed by atoms with E-state index >= 15 is 17.6 Å². The highest BCUT2D eigenvalue weighted by Crippen LogP contribution is 2.60. The Bertz CT molecular complexity index is 3650. The van der Waals surface area contributed by atoms with E-state index in [0.29, 0.717) is 22.3 Å². The molecule has 0 fully saturated rings. The van der Waals surface area contributed by atoms with Crippen molar-refractivity contribution in [1.82, 2.24) is 0 Å². The maximum atomic E-state index is 16.6. The van der Waals surface area contributed by atoms with Gasteiger partial charge >= 0.3 is 11.8 Å². The summed E-state index contributed by atoms with van der Waals surface area (Å²) in [6, 6.07) is 86.6. The number of hydrogen-bond acceptors (Lipinski definition) is 0. The average molecular weight is 961 g/mol. The van der Waals surface area contributed by atoms with Crippen molar-refractivity contribution in [2.45, 2.75) is 11.8 Å². The summed E-state index contributed by atoms with van der Waals surface area (Å²) in [5.74, 6) is -8.97. The first kappa shape index (κ1) is 44.8. The molecular formula is C70H44F4. The van der Waals surface area contributed by atoms with E-state index < -0.39 is 23.0 Å². The molecule has 0 unspecified atom stereocenters. The van der Waals surface area contributed by atoms with E-state index in [1.807, 2.05) is 158 Å². The molecule has 0 atom stereocenters. The van der Waals surface area contributed by atoms with Crippen LogP contribution in [0.15, 0.2) is 267 Å². The lowest BCUT2D eigenvalue weighted by atomic mass is 9.69. The number of fused-ring (bicyclic) bond motifs is 3. The minimum absolute atomic E-state index is 0.0937. The fraction of sp³-hybridized carbons (Fsp3) is 0.0286. The van der Waals surface area contributed by atoms with Crippen LogP contribution < -0.4 is 0 Å². The minimum atomic E-state index is -4.49. The lowest BCUT2D eigenvalue weighted by Gasteiger charge is -2.35. The Labute approximate surface area is 427 Å². The summed E-state index contributed by atoms with van der Waals surface area (Å²) in [4.78, 5) is 0. The molecule has 0 N–H and O–H groups in total. The number of rotatable bonds is 10. The van der Waals surface area contributed by atoms with Crippen molar-refractivity contribution in [1.29, 1.82) is 0 Å². The number of hydrogen-bond donors (Lipinski definition) is 0. The molecule has 0 radical (unpaired) electrons. The van der Waals surface area contributed by atoms with Gasteiger partial charge in [-0.3, -0.25) is 0 Å². The predicted molar refractivity (Wildman–Crippen MR) is 296 cm³/mol. The first-order valence-corrected chi connectivity index (χ1v) is 24.8. The third kappa shape index (κ3) is 7.28. The summed E-state index contributed by atoms with van der Waals surface area (Å²) in [6.45, 7) is 0. The van der Waals surface area contributed by atoms with Crippen molar-refractivity contribution in [3.63, 3.8) is 0 Å². The molecule has 3 aliphatic rings. The monoisotopic (exact) mass is 960 g/mol. The largest absolute Gasteiger partial charge is 0.340 e. The minimum Gasteiger partial charge on any atom is -0.194 e. The maximum Gasteiger partial charge on any atom is 0.340 e. The fourth-order valence-corrected chi connectivity index (χ4v) is 11.2. The molecule has 74 heavy (non-hydrogen) atoms. The number of halogens is 4. The Morgan fingerprint density at radius 3 is 0.568 bits per heavy atom. The van der Waals surface area contributed by atoms with Gasteiger partial charge in [0.1, 0.15) is 0 Å². The van der Waals surface area contributed by atoms with Gasteiger partial charge in [-0.1, -0.05) is 255 Å². The molecule has 352 valence electrons. The molecule has 0 aliphatic heterocycles. The van der Waals surface area contributed by atoms with E-state index in [4.69, 9.17) is 0 Å². The molecule has 0 aromatic heterocycles. The second kappa shape index (κ2) is 17.9. The van der Waals surface area contributed by atoms with E-state index in [1.54, 1.807) is 24.3 Å². The van der Waals surface area contributed by atoms with Gasteiger partial charge in [0.25, 0.3) is 0 Å². The second-order valence-corrected chi connectivity index (χ2v) is 19.0. The molecule has 3 aliphatic carbocycles. The van der Waals surface area contributed by atoms with Crippen LogP contribution in [0.3, 0.4) is 0 Å². The molecule has 0 heterocycles. The van der Waals surface area contributed by atoms with Crippen molar-refractivity contribution in [2.75, 3.05) is 0 Å². The lowest BCUT2D eigenvalue weighted by molar-refractivity contribution is -0.225. The Morgan fingerprint density at radius 1 is 0.176 bits per heavy atom. The average Bonchev–Trinajstić information content (AvgIpc) is 3.44. The zero-order valence-electron chi connectivity index (χ0n) is 39.9. The summed E-state index contributed by atoms with van der Waals surface area (Å²) < 4.78 is 66.5. The van der Waals surface area contributed by atoms with E-state index in [2.05, 4.69) is 72.8 Å². The van der Waals surface area contributed by atoms with Crippen LogP contribution in [0.5, 0.6) is 0 Å². The van der Waals surface area contributed by atoms with Crippen LogP contribution in [0.4, 0.5) is 17.6 Å². The maximum absolute atomic E-state index is 16.6. The molecule has 10 aromatic carbocycles. The molecule has 0 saturated heterocycles. The van der Waals surface area contributed by atoms with Gasteiger partial charge in [0.05, 0.1) is 0 Å². The summed E-state index contributed by atoms with van der Waals surface area (Å²) in [7, 11) is 0. The molecule has 10 aromatic rings. The van der Waals surface area contributed by atoms with Crippen LogP contribution in [0, 0.1) is 0 Å².